The Balaban J connectivity index is 2.14. The van der Waals surface area contributed by atoms with Gasteiger partial charge in [-0.3, -0.25) is 4.79 Å². The highest BCUT2D eigenvalue weighted by Crippen LogP contribution is 2.13. The maximum absolute atomic E-state index is 11.9. The van der Waals surface area contributed by atoms with E-state index in [1.807, 2.05) is 4.90 Å². The number of carbonyl (C=O) groups is 1. The van der Waals surface area contributed by atoms with Crippen molar-refractivity contribution in [2.75, 3.05) is 13.1 Å². The van der Waals surface area contributed by atoms with Crippen LogP contribution in [0.4, 0.5) is 0 Å². The van der Waals surface area contributed by atoms with Crippen molar-refractivity contribution in [3.8, 4) is 0 Å². The Kier molecular flexibility index (Phi) is 5.81. The van der Waals surface area contributed by atoms with Gasteiger partial charge in [-0.15, -0.1) is 0 Å². The quantitative estimate of drug-likeness (QED) is 0.730. The molecule has 0 aromatic heterocycles. The lowest BCUT2D eigenvalue weighted by Crippen LogP contribution is -2.45. The number of amides is 1. The molecule has 1 rings (SSSR count). The molecule has 0 aromatic rings. The van der Waals surface area contributed by atoms with Gasteiger partial charge in [-0.25, -0.2) is 0 Å². The van der Waals surface area contributed by atoms with Gasteiger partial charge in [0.05, 0.1) is 0 Å². The second-order valence-corrected chi connectivity index (χ2v) is 5.38. The standard InChI is InChI=1S/C13H26N2O/c1-11(2)6-3-4-8-13(16)15-9-5-7-12(14)10-15/h11-12H,3-10,14H2,1-2H3. The van der Waals surface area contributed by atoms with Crippen LogP contribution >= 0.6 is 0 Å². The van der Waals surface area contributed by atoms with Crippen molar-refractivity contribution in [2.24, 2.45) is 11.7 Å². The first-order valence-electron chi connectivity index (χ1n) is 6.63. The third-order valence-corrected chi connectivity index (χ3v) is 3.23. The topological polar surface area (TPSA) is 46.3 Å². The van der Waals surface area contributed by atoms with E-state index in [1.54, 1.807) is 0 Å². The van der Waals surface area contributed by atoms with Crippen LogP contribution in [-0.4, -0.2) is 29.9 Å². The summed E-state index contributed by atoms with van der Waals surface area (Å²) in [5.74, 6) is 1.05. The average Bonchev–Trinajstić information content (AvgIpc) is 2.24. The van der Waals surface area contributed by atoms with Gasteiger partial charge in [0.15, 0.2) is 0 Å². The smallest absolute Gasteiger partial charge is 0.222 e. The molecule has 2 N–H and O–H groups in total. The van der Waals surface area contributed by atoms with E-state index in [0.717, 1.165) is 38.3 Å². The predicted molar refractivity (Wildman–Crippen MR) is 67.1 cm³/mol. The van der Waals surface area contributed by atoms with E-state index in [-0.39, 0.29) is 6.04 Å². The van der Waals surface area contributed by atoms with E-state index in [0.29, 0.717) is 12.3 Å². The second-order valence-electron chi connectivity index (χ2n) is 5.38. The number of hydrogen-bond donors (Lipinski definition) is 1. The molecule has 1 unspecified atom stereocenters. The number of piperidine rings is 1. The predicted octanol–water partition coefficient (Wildman–Crippen LogP) is 2.15. The lowest BCUT2D eigenvalue weighted by Gasteiger charge is -2.30. The van der Waals surface area contributed by atoms with Crippen LogP contribution in [0.3, 0.4) is 0 Å². The number of nitrogens with zero attached hydrogens (tertiary/aromatic N) is 1. The van der Waals surface area contributed by atoms with Crippen molar-refractivity contribution < 1.29 is 4.79 Å². The molecule has 0 spiro atoms. The van der Waals surface area contributed by atoms with Crippen LogP contribution in [0.25, 0.3) is 0 Å². The number of hydrogen-bond acceptors (Lipinski definition) is 2. The summed E-state index contributed by atoms with van der Waals surface area (Å²) in [4.78, 5) is 13.8. The summed E-state index contributed by atoms with van der Waals surface area (Å²) in [5, 5.41) is 0. The molecule has 94 valence electrons. The molecule has 0 radical (unpaired) electrons. The van der Waals surface area contributed by atoms with Gasteiger partial charge >= 0.3 is 0 Å². The van der Waals surface area contributed by atoms with Gasteiger partial charge in [0, 0.05) is 25.6 Å². The van der Waals surface area contributed by atoms with Crippen molar-refractivity contribution in [3.05, 3.63) is 0 Å². The van der Waals surface area contributed by atoms with Crippen molar-refractivity contribution in [2.45, 2.75) is 58.4 Å². The number of unbranched alkanes of at least 4 members (excludes halogenated alkanes) is 1. The van der Waals surface area contributed by atoms with Crippen LogP contribution < -0.4 is 5.73 Å². The molecule has 3 nitrogen and oxygen atoms in total. The summed E-state index contributed by atoms with van der Waals surface area (Å²) < 4.78 is 0. The van der Waals surface area contributed by atoms with Gasteiger partial charge in [0.1, 0.15) is 0 Å². The normalized spacial score (nSPS) is 21.5. The molecule has 0 aliphatic carbocycles. The summed E-state index contributed by atoms with van der Waals surface area (Å²) in [5.41, 5.74) is 5.86. The van der Waals surface area contributed by atoms with E-state index in [9.17, 15) is 4.79 Å². The van der Waals surface area contributed by atoms with Gasteiger partial charge in [0.2, 0.25) is 5.91 Å². The van der Waals surface area contributed by atoms with Crippen molar-refractivity contribution >= 4 is 5.91 Å². The zero-order chi connectivity index (χ0) is 12.0. The first-order valence-corrected chi connectivity index (χ1v) is 6.63. The molecule has 1 saturated heterocycles. The van der Waals surface area contributed by atoms with Crippen molar-refractivity contribution in [1.82, 2.24) is 4.90 Å². The largest absolute Gasteiger partial charge is 0.341 e. The Hall–Kier alpha value is -0.570. The molecule has 0 aromatic carbocycles. The van der Waals surface area contributed by atoms with Crippen LogP contribution in [0.15, 0.2) is 0 Å². The zero-order valence-corrected chi connectivity index (χ0v) is 10.7. The van der Waals surface area contributed by atoms with Crippen LogP contribution in [0.2, 0.25) is 0 Å². The molecule has 1 amide bonds. The third kappa shape index (κ3) is 4.97. The molecule has 1 heterocycles. The minimum atomic E-state index is 0.202. The van der Waals surface area contributed by atoms with E-state index in [4.69, 9.17) is 5.73 Å². The van der Waals surface area contributed by atoms with Crippen LogP contribution in [0.5, 0.6) is 0 Å². The van der Waals surface area contributed by atoms with Crippen molar-refractivity contribution in [1.29, 1.82) is 0 Å². The first-order chi connectivity index (χ1) is 7.59. The molecule has 0 bridgehead atoms. The third-order valence-electron chi connectivity index (χ3n) is 3.23. The maximum atomic E-state index is 11.9. The lowest BCUT2D eigenvalue weighted by atomic mass is 10.0. The molecule has 1 aliphatic rings. The number of likely N-dealkylation sites (tertiary alicyclic amines) is 1. The Bertz CT molecular complexity index is 216. The first kappa shape index (κ1) is 13.5. The average molecular weight is 226 g/mol. The fraction of sp³-hybridized carbons (Fsp3) is 0.923. The van der Waals surface area contributed by atoms with Gasteiger partial charge in [-0.05, 0) is 25.2 Å². The van der Waals surface area contributed by atoms with Crippen LogP contribution in [0.1, 0.15) is 52.4 Å². The molecule has 16 heavy (non-hydrogen) atoms. The second kappa shape index (κ2) is 6.89. The Labute approximate surface area is 99.4 Å². The molecule has 1 aliphatic heterocycles. The molecule has 0 saturated carbocycles. The number of rotatable bonds is 5. The monoisotopic (exact) mass is 226 g/mol. The summed E-state index contributed by atoms with van der Waals surface area (Å²) in [6.07, 6.45) is 6.27. The van der Waals surface area contributed by atoms with Gasteiger partial charge < -0.3 is 10.6 Å². The SMILES string of the molecule is CC(C)CCCCC(=O)N1CCCC(N)C1. The highest BCUT2D eigenvalue weighted by Gasteiger charge is 2.20. The van der Waals surface area contributed by atoms with Crippen LogP contribution in [0, 0.1) is 5.92 Å². The fourth-order valence-electron chi connectivity index (χ4n) is 2.22. The molecule has 1 fully saturated rings. The summed E-state index contributed by atoms with van der Waals surface area (Å²) in [7, 11) is 0. The van der Waals surface area contributed by atoms with Crippen LogP contribution in [-0.2, 0) is 4.79 Å². The van der Waals surface area contributed by atoms with E-state index >= 15 is 0 Å². The minimum Gasteiger partial charge on any atom is -0.341 e. The molecule has 3 heteroatoms. The Morgan fingerprint density at radius 2 is 2.19 bits per heavy atom. The van der Waals surface area contributed by atoms with E-state index in [1.165, 1.54) is 12.8 Å². The van der Waals surface area contributed by atoms with Gasteiger partial charge in [-0.1, -0.05) is 26.7 Å². The molecular weight excluding hydrogens is 200 g/mol. The van der Waals surface area contributed by atoms with Crippen molar-refractivity contribution in [3.63, 3.8) is 0 Å². The Morgan fingerprint density at radius 3 is 2.81 bits per heavy atom. The fourth-order valence-corrected chi connectivity index (χ4v) is 2.22. The highest BCUT2D eigenvalue weighted by atomic mass is 16.2. The van der Waals surface area contributed by atoms with Gasteiger partial charge in [0.25, 0.3) is 0 Å². The zero-order valence-electron chi connectivity index (χ0n) is 10.7. The van der Waals surface area contributed by atoms with E-state index < -0.39 is 0 Å². The van der Waals surface area contributed by atoms with E-state index in [2.05, 4.69) is 13.8 Å². The number of nitrogens with two attached hydrogens (primary N) is 1. The molecular formula is C13H26N2O. The minimum absolute atomic E-state index is 0.202. The summed E-state index contributed by atoms with van der Waals surface area (Å²) in [6.45, 7) is 6.14. The maximum Gasteiger partial charge on any atom is 0.222 e. The lowest BCUT2D eigenvalue weighted by molar-refractivity contribution is -0.132. The molecule has 1 atom stereocenters. The summed E-state index contributed by atoms with van der Waals surface area (Å²) >= 11 is 0. The Morgan fingerprint density at radius 1 is 1.44 bits per heavy atom. The van der Waals surface area contributed by atoms with Gasteiger partial charge in [-0.2, -0.15) is 0 Å². The number of carbonyl (C=O) groups excluding carboxylic acids is 1. The highest BCUT2D eigenvalue weighted by molar-refractivity contribution is 5.76. The summed E-state index contributed by atoms with van der Waals surface area (Å²) in [6, 6.07) is 0.202.